The lowest BCUT2D eigenvalue weighted by atomic mass is 10.3. The number of nitrogens with one attached hydrogen (secondary N) is 1. The van der Waals surface area contributed by atoms with Gasteiger partial charge in [-0.15, -0.1) is 0 Å². The summed E-state index contributed by atoms with van der Waals surface area (Å²) >= 11 is 0. The van der Waals surface area contributed by atoms with Crippen molar-refractivity contribution in [3.05, 3.63) is 40.4 Å². The van der Waals surface area contributed by atoms with E-state index in [0.29, 0.717) is 5.69 Å². The first-order valence-electron chi connectivity index (χ1n) is 3.93. The van der Waals surface area contributed by atoms with Gasteiger partial charge >= 0.3 is 0 Å². The van der Waals surface area contributed by atoms with Crippen LogP contribution in [0.5, 0.6) is 0 Å². The average molecular weight is 194 g/mol. The lowest BCUT2D eigenvalue weighted by Crippen LogP contribution is -2.35. The molecule has 3 N–H and O–H groups in total. The van der Waals surface area contributed by atoms with Crippen LogP contribution in [0.4, 0.5) is 5.69 Å². The van der Waals surface area contributed by atoms with Gasteiger partial charge < -0.3 is 5.43 Å². The molecule has 0 radical (unpaired) electrons. The minimum Gasteiger partial charge on any atom is -0.306 e. The number of aliphatic imine (C=N–C) groups is 1. The quantitative estimate of drug-likeness (QED) is 0.240. The van der Waals surface area contributed by atoms with Gasteiger partial charge in [-0.2, -0.15) is 0 Å². The normalized spacial score (nSPS) is 11.1. The Bertz CT molecular complexity index is 336. The Balaban J connectivity index is 2.78. The second-order valence-corrected chi connectivity index (χ2v) is 2.53. The van der Waals surface area contributed by atoms with E-state index in [9.17, 15) is 10.1 Å². The molecular formula is C8H10N4O2. The molecule has 14 heavy (non-hydrogen) atoms. The first kappa shape index (κ1) is 10.1. The molecular weight excluding hydrogens is 184 g/mol. The second kappa shape index (κ2) is 4.93. The predicted octanol–water partition coefficient (Wildman–Crippen LogP) is 0.457. The summed E-state index contributed by atoms with van der Waals surface area (Å²) in [7, 11) is 0. The van der Waals surface area contributed by atoms with Gasteiger partial charge in [0.15, 0.2) is 5.84 Å². The molecule has 0 aromatic heterocycles. The maximum absolute atomic E-state index is 10.2. The fourth-order valence-corrected chi connectivity index (χ4v) is 0.894. The standard InChI is InChI=1S/C8H10N4O2/c9-11-8(6-12(13)14)10-7-4-2-1-3-5-7/h1-5H,6,9H2,(H,10,11). The topological polar surface area (TPSA) is 93.5 Å². The van der Waals surface area contributed by atoms with Gasteiger partial charge in [0.05, 0.1) is 5.69 Å². The molecule has 6 nitrogen and oxygen atoms in total. The highest BCUT2D eigenvalue weighted by Crippen LogP contribution is 2.09. The van der Waals surface area contributed by atoms with E-state index in [1.165, 1.54) is 0 Å². The van der Waals surface area contributed by atoms with Crippen molar-refractivity contribution in [3.63, 3.8) is 0 Å². The zero-order valence-electron chi connectivity index (χ0n) is 7.38. The lowest BCUT2D eigenvalue weighted by Gasteiger charge is -1.99. The number of hydrazine groups is 1. The van der Waals surface area contributed by atoms with Gasteiger partial charge in [-0.05, 0) is 12.1 Å². The molecule has 0 amide bonds. The van der Waals surface area contributed by atoms with Crippen LogP contribution >= 0.6 is 0 Å². The van der Waals surface area contributed by atoms with Crippen molar-refractivity contribution in [3.8, 4) is 0 Å². The third-order valence-electron chi connectivity index (χ3n) is 1.47. The van der Waals surface area contributed by atoms with Gasteiger partial charge in [0.2, 0.25) is 0 Å². The summed E-state index contributed by atoms with van der Waals surface area (Å²) in [4.78, 5) is 13.6. The largest absolute Gasteiger partial charge is 0.306 e. The number of hydrogen-bond donors (Lipinski definition) is 2. The Morgan fingerprint density at radius 1 is 1.50 bits per heavy atom. The highest BCUT2D eigenvalue weighted by molar-refractivity contribution is 5.85. The molecule has 6 heteroatoms. The van der Waals surface area contributed by atoms with Crippen molar-refractivity contribution in [1.29, 1.82) is 0 Å². The highest BCUT2D eigenvalue weighted by atomic mass is 16.6. The number of rotatable bonds is 3. The van der Waals surface area contributed by atoms with Crippen molar-refractivity contribution >= 4 is 11.5 Å². The van der Waals surface area contributed by atoms with E-state index in [-0.39, 0.29) is 5.84 Å². The molecule has 0 bridgehead atoms. The van der Waals surface area contributed by atoms with Crippen molar-refractivity contribution < 1.29 is 4.92 Å². The van der Waals surface area contributed by atoms with Crippen LogP contribution in [0.25, 0.3) is 0 Å². The molecule has 0 aliphatic carbocycles. The number of nitro groups is 1. The van der Waals surface area contributed by atoms with Crippen molar-refractivity contribution in [2.75, 3.05) is 6.54 Å². The fraction of sp³-hybridized carbons (Fsp3) is 0.125. The van der Waals surface area contributed by atoms with E-state index in [2.05, 4.69) is 10.4 Å². The van der Waals surface area contributed by atoms with Crippen LogP contribution in [-0.4, -0.2) is 17.3 Å². The predicted molar refractivity (Wildman–Crippen MR) is 52.7 cm³/mol. The van der Waals surface area contributed by atoms with Crippen molar-refractivity contribution in [1.82, 2.24) is 5.43 Å². The van der Waals surface area contributed by atoms with E-state index in [1.54, 1.807) is 24.3 Å². The number of hydrogen-bond acceptors (Lipinski definition) is 4. The van der Waals surface area contributed by atoms with Gasteiger partial charge in [0, 0.05) is 4.92 Å². The van der Waals surface area contributed by atoms with Crippen molar-refractivity contribution in [2.24, 2.45) is 10.8 Å². The molecule has 0 spiro atoms. The highest BCUT2D eigenvalue weighted by Gasteiger charge is 2.04. The maximum Gasteiger partial charge on any atom is 0.261 e. The third-order valence-corrected chi connectivity index (χ3v) is 1.47. The lowest BCUT2D eigenvalue weighted by molar-refractivity contribution is -0.463. The summed E-state index contributed by atoms with van der Waals surface area (Å²) in [5.41, 5.74) is 2.82. The molecule has 0 saturated heterocycles. The second-order valence-electron chi connectivity index (χ2n) is 2.53. The monoisotopic (exact) mass is 194 g/mol. The molecule has 1 aromatic carbocycles. The molecule has 74 valence electrons. The Kier molecular flexibility index (Phi) is 3.57. The van der Waals surface area contributed by atoms with Crippen LogP contribution < -0.4 is 11.3 Å². The molecule has 0 saturated carbocycles. The summed E-state index contributed by atoms with van der Waals surface area (Å²) < 4.78 is 0. The number of nitrogens with zero attached hydrogens (tertiary/aromatic N) is 2. The molecule has 0 fully saturated rings. The Morgan fingerprint density at radius 3 is 2.64 bits per heavy atom. The summed E-state index contributed by atoms with van der Waals surface area (Å²) in [6.45, 7) is -0.411. The Morgan fingerprint density at radius 2 is 2.14 bits per heavy atom. The Labute approximate surface area is 80.6 Å². The van der Waals surface area contributed by atoms with E-state index in [0.717, 1.165) is 0 Å². The van der Waals surface area contributed by atoms with Gasteiger partial charge in [0.1, 0.15) is 0 Å². The molecule has 0 atom stereocenters. The van der Waals surface area contributed by atoms with E-state index >= 15 is 0 Å². The van der Waals surface area contributed by atoms with E-state index in [4.69, 9.17) is 5.84 Å². The molecule has 1 rings (SSSR count). The average Bonchev–Trinajstić information content (AvgIpc) is 2.17. The summed E-state index contributed by atoms with van der Waals surface area (Å²) in [6.07, 6.45) is 0. The minimum absolute atomic E-state index is 0.126. The van der Waals surface area contributed by atoms with Crippen molar-refractivity contribution in [2.45, 2.75) is 0 Å². The SMILES string of the molecule is NNC(C[N+](=O)[O-])=Nc1ccccc1. The van der Waals surface area contributed by atoms with Gasteiger partial charge in [-0.3, -0.25) is 10.1 Å². The number of amidine groups is 1. The summed E-state index contributed by atoms with van der Waals surface area (Å²) in [5.74, 6) is 5.21. The summed E-state index contributed by atoms with van der Waals surface area (Å²) in [5, 5.41) is 10.2. The minimum atomic E-state index is -0.498. The van der Waals surface area contributed by atoms with E-state index < -0.39 is 11.5 Å². The Hall–Kier alpha value is -1.95. The molecule has 0 heterocycles. The molecule has 0 aliphatic rings. The van der Waals surface area contributed by atoms with Crippen LogP contribution in [0.15, 0.2) is 35.3 Å². The number of para-hydroxylation sites is 1. The maximum atomic E-state index is 10.2. The first-order valence-corrected chi connectivity index (χ1v) is 3.93. The van der Waals surface area contributed by atoms with Gasteiger partial charge in [-0.25, -0.2) is 10.8 Å². The summed E-state index contributed by atoms with van der Waals surface area (Å²) in [6, 6.07) is 8.88. The van der Waals surface area contributed by atoms with E-state index in [1.807, 2.05) is 6.07 Å². The number of benzene rings is 1. The first-order chi connectivity index (χ1) is 6.72. The fourth-order valence-electron chi connectivity index (χ4n) is 0.894. The van der Waals surface area contributed by atoms with Gasteiger partial charge in [0.25, 0.3) is 6.54 Å². The van der Waals surface area contributed by atoms with Crippen LogP contribution in [-0.2, 0) is 0 Å². The van der Waals surface area contributed by atoms with Crippen LogP contribution in [0.1, 0.15) is 0 Å². The third kappa shape index (κ3) is 3.20. The molecule has 0 unspecified atom stereocenters. The smallest absolute Gasteiger partial charge is 0.261 e. The van der Waals surface area contributed by atoms with Crippen LogP contribution in [0.2, 0.25) is 0 Å². The van der Waals surface area contributed by atoms with Crippen LogP contribution in [0, 0.1) is 10.1 Å². The zero-order chi connectivity index (χ0) is 10.4. The number of nitrogens with two attached hydrogens (primary N) is 1. The van der Waals surface area contributed by atoms with Gasteiger partial charge in [-0.1, -0.05) is 18.2 Å². The van der Waals surface area contributed by atoms with Crippen LogP contribution in [0.3, 0.4) is 0 Å². The zero-order valence-corrected chi connectivity index (χ0v) is 7.38. The molecule has 0 aliphatic heterocycles. The molecule has 1 aromatic rings.